The number of ether oxygens (including phenoxy) is 1. The molecule has 12 nitrogen and oxygen atoms in total. The number of hydrogen-bond donors (Lipinski definition) is 2. The summed E-state index contributed by atoms with van der Waals surface area (Å²) in [6.07, 6.45) is 8.94. The SMILES string of the molecule is C=C1/C=C2/C(=O)N(c3nccc(-c4cc(Nc5ccc(N6CCN(C7COC7)C[C@H]6C)cn5)c(=O)n(C)c4)c3CO)CCN2CCC(C)(C)C1. The molecule has 3 fully saturated rings. The van der Waals surface area contributed by atoms with E-state index in [0.717, 1.165) is 63.5 Å². The molecule has 7 rings (SSSR count). The second-order valence-corrected chi connectivity index (χ2v) is 14.9. The molecule has 2 N–H and O–H groups in total. The molecule has 3 aromatic rings. The van der Waals surface area contributed by atoms with Gasteiger partial charge in [-0.05, 0) is 61.1 Å². The molecule has 0 aliphatic carbocycles. The predicted octanol–water partition coefficient (Wildman–Crippen LogP) is 3.90. The van der Waals surface area contributed by atoms with Crippen molar-refractivity contribution in [3.63, 3.8) is 0 Å². The summed E-state index contributed by atoms with van der Waals surface area (Å²) in [5, 5.41) is 13.9. The molecule has 0 spiro atoms. The van der Waals surface area contributed by atoms with E-state index >= 15 is 0 Å². The van der Waals surface area contributed by atoms with Gasteiger partial charge in [0.05, 0.1) is 37.7 Å². The Balaban J connectivity index is 1.12. The van der Waals surface area contributed by atoms with Crippen molar-refractivity contribution in [1.29, 1.82) is 0 Å². The van der Waals surface area contributed by atoms with Crippen LogP contribution in [-0.4, -0.2) is 99.9 Å². The molecular formula is C38H48N8O4. The van der Waals surface area contributed by atoms with Gasteiger partial charge in [-0.1, -0.05) is 26.0 Å². The Morgan fingerprint density at radius 2 is 1.90 bits per heavy atom. The molecule has 12 heteroatoms. The van der Waals surface area contributed by atoms with Crippen molar-refractivity contribution in [2.75, 3.05) is 67.6 Å². The van der Waals surface area contributed by atoms with Gasteiger partial charge in [-0.3, -0.25) is 19.4 Å². The highest BCUT2D eigenvalue weighted by Crippen LogP contribution is 2.36. The normalized spacial score (nSPS) is 22.7. The van der Waals surface area contributed by atoms with Crippen LogP contribution in [0.15, 0.2) is 71.6 Å². The van der Waals surface area contributed by atoms with Gasteiger partial charge in [0.15, 0.2) is 0 Å². The Kier molecular flexibility index (Phi) is 9.27. The van der Waals surface area contributed by atoms with Crippen LogP contribution in [0.3, 0.4) is 0 Å². The lowest BCUT2D eigenvalue weighted by Crippen LogP contribution is -2.59. The van der Waals surface area contributed by atoms with E-state index in [-0.39, 0.29) is 23.5 Å². The Labute approximate surface area is 293 Å². The Morgan fingerprint density at radius 1 is 1.08 bits per heavy atom. The van der Waals surface area contributed by atoms with Crippen LogP contribution in [0, 0.1) is 5.41 Å². The van der Waals surface area contributed by atoms with Crippen LogP contribution in [0.4, 0.5) is 23.0 Å². The minimum absolute atomic E-state index is 0.113. The van der Waals surface area contributed by atoms with Crippen LogP contribution >= 0.6 is 0 Å². The average Bonchev–Trinajstić information content (AvgIpc) is 3.05. The molecule has 3 aromatic heterocycles. The van der Waals surface area contributed by atoms with Gasteiger partial charge in [0, 0.05) is 75.9 Å². The number of fused-ring (bicyclic) bond motifs is 1. The van der Waals surface area contributed by atoms with Crippen molar-refractivity contribution >= 4 is 28.9 Å². The molecule has 3 saturated heterocycles. The van der Waals surface area contributed by atoms with Crippen molar-refractivity contribution in [3.05, 3.63) is 82.7 Å². The summed E-state index contributed by atoms with van der Waals surface area (Å²) in [4.78, 5) is 45.3. The van der Waals surface area contributed by atoms with Crippen LogP contribution in [0.25, 0.3) is 11.1 Å². The lowest BCUT2D eigenvalue weighted by atomic mass is 9.81. The van der Waals surface area contributed by atoms with E-state index in [0.29, 0.717) is 64.9 Å². The number of piperazine rings is 2. The number of nitrogens with zero attached hydrogens (tertiary/aromatic N) is 7. The summed E-state index contributed by atoms with van der Waals surface area (Å²) in [7, 11) is 1.70. The fraction of sp³-hybridized carbons (Fsp3) is 0.474. The van der Waals surface area contributed by atoms with Gasteiger partial charge in [-0.25, -0.2) is 9.97 Å². The zero-order valence-electron chi connectivity index (χ0n) is 29.6. The summed E-state index contributed by atoms with van der Waals surface area (Å²) in [6, 6.07) is 8.40. The van der Waals surface area contributed by atoms with Gasteiger partial charge in [-0.2, -0.15) is 0 Å². The third-order valence-electron chi connectivity index (χ3n) is 10.6. The Hall–Kier alpha value is -4.52. The first-order valence-electron chi connectivity index (χ1n) is 17.6. The largest absolute Gasteiger partial charge is 0.392 e. The maximum atomic E-state index is 14.0. The summed E-state index contributed by atoms with van der Waals surface area (Å²) >= 11 is 0. The van der Waals surface area contributed by atoms with E-state index in [9.17, 15) is 14.7 Å². The molecule has 1 atom stereocenters. The number of allylic oxidation sites excluding steroid dienone is 2. The molecule has 0 saturated carbocycles. The molecule has 0 aromatic carbocycles. The van der Waals surface area contributed by atoms with Crippen LogP contribution in [0.1, 0.15) is 39.2 Å². The molecule has 50 heavy (non-hydrogen) atoms. The number of pyridine rings is 3. The number of aromatic nitrogens is 3. The van der Waals surface area contributed by atoms with Crippen LogP contribution in [0.5, 0.6) is 0 Å². The van der Waals surface area contributed by atoms with E-state index < -0.39 is 0 Å². The topological polar surface area (TPSA) is 119 Å². The quantitative estimate of drug-likeness (QED) is 0.381. The first-order chi connectivity index (χ1) is 24.0. The van der Waals surface area contributed by atoms with Crippen molar-refractivity contribution in [2.24, 2.45) is 12.5 Å². The third-order valence-corrected chi connectivity index (χ3v) is 10.6. The number of hydrogen-bond acceptors (Lipinski definition) is 10. The van der Waals surface area contributed by atoms with Gasteiger partial charge < -0.3 is 29.5 Å². The number of carbonyl (C=O) groups excluding carboxylic acids is 1. The zero-order chi connectivity index (χ0) is 35.2. The second-order valence-electron chi connectivity index (χ2n) is 14.9. The highest BCUT2D eigenvalue weighted by molar-refractivity contribution is 6.06. The summed E-state index contributed by atoms with van der Waals surface area (Å²) in [5.74, 6) is 0.818. The smallest absolute Gasteiger partial charge is 0.275 e. The van der Waals surface area contributed by atoms with Crippen molar-refractivity contribution < 1.29 is 14.6 Å². The number of anilines is 4. The molecular weight excluding hydrogens is 632 g/mol. The number of aliphatic hydroxyl groups excluding tert-OH is 1. The maximum Gasteiger partial charge on any atom is 0.275 e. The highest BCUT2D eigenvalue weighted by atomic mass is 16.5. The number of aryl methyl sites for hydroxylation is 1. The molecule has 0 unspecified atom stereocenters. The number of nitrogens with one attached hydrogen (secondary N) is 1. The van der Waals surface area contributed by atoms with E-state index in [4.69, 9.17) is 4.74 Å². The minimum Gasteiger partial charge on any atom is -0.392 e. The number of amides is 1. The summed E-state index contributed by atoms with van der Waals surface area (Å²) in [5.41, 5.74) is 4.75. The zero-order valence-corrected chi connectivity index (χ0v) is 29.6. The maximum absolute atomic E-state index is 14.0. The van der Waals surface area contributed by atoms with Crippen LogP contribution < -0.4 is 20.7 Å². The third kappa shape index (κ3) is 6.67. The van der Waals surface area contributed by atoms with Gasteiger partial charge in [-0.15, -0.1) is 0 Å². The molecule has 4 aliphatic rings. The lowest BCUT2D eigenvalue weighted by Gasteiger charge is -2.46. The first-order valence-corrected chi connectivity index (χ1v) is 17.6. The van der Waals surface area contributed by atoms with Crippen molar-refractivity contribution in [1.82, 2.24) is 24.3 Å². The van der Waals surface area contributed by atoms with Gasteiger partial charge >= 0.3 is 0 Å². The number of aliphatic hydroxyl groups is 1. The molecule has 0 radical (unpaired) electrons. The Morgan fingerprint density at radius 3 is 2.60 bits per heavy atom. The van der Waals surface area contributed by atoms with E-state index in [2.05, 4.69) is 57.3 Å². The first kappa shape index (κ1) is 34.0. The number of carbonyl (C=O) groups is 1. The van der Waals surface area contributed by atoms with Crippen molar-refractivity contribution in [2.45, 2.75) is 52.3 Å². The number of rotatable bonds is 7. The average molecular weight is 681 g/mol. The van der Waals surface area contributed by atoms with Crippen LogP contribution in [-0.2, 0) is 23.2 Å². The van der Waals surface area contributed by atoms with Gasteiger partial charge in [0.1, 0.15) is 23.0 Å². The van der Waals surface area contributed by atoms with Crippen molar-refractivity contribution in [3.8, 4) is 11.1 Å². The van der Waals surface area contributed by atoms with Gasteiger partial charge in [0.25, 0.3) is 11.5 Å². The van der Waals surface area contributed by atoms with Gasteiger partial charge in [0.2, 0.25) is 0 Å². The summed E-state index contributed by atoms with van der Waals surface area (Å²) in [6.45, 7) is 17.1. The fourth-order valence-corrected chi connectivity index (χ4v) is 7.68. The molecule has 4 aliphatic heterocycles. The highest BCUT2D eigenvalue weighted by Gasteiger charge is 2.35. The van der Waals surface area contributed by atoms with E-state index in [1.807, 2.05) is 30.5 Å². The van der Waals surface area contributed by atoms with Crippen LogP contribution in [0.2, 0.25) is 0 Å². The fourth-order valence-electron chi connectivity index (χ4n) is 7.68. The molecule has 264 valence electrons. The minimum atomic E-state index is -0.332. The Bertz CT molecular complexity index is 1870. The molecule has 0 bridgehead atoms. The summed E-state index contributed by atoms with van der Waals surface area (Å²) < 4.78 is 6.90. The van der Waals surface area contributed by atoms with E-state index in [1.165, 1.54) is 4.57 Å². The lowest BCUT2D eigenvalue weighted by molar-refractivity contribution is -0.118. The second kappa shape index (κ2) is 13.7. The van der Waals surface area contributed by atoms with E-state index in [1.54, 1.807) is 30.4 Å². The predicted molar refractivity (Wildman–Crippen MR) is 196 cm³/mol. The monoisotopic (exact) mass is 680 g/mol. The standard InChI is InChI=1S/C38H48N8O4/c1-25-16-33-37(49)46(15-12-43(33)11-9-38(3,4)18-25)35-31(22-47)30(8-10-39-35)27-17-32(36(48)42(5)21-27)41-34-7-6-28(19-40-34)45-14-13-44(20-26(45)2)29-23-50-24-29/h6-8,10,16-17,19,21,26,29,47H,1,9,11-15,18,20,22-24H2,2-5H3,(H,40,41)/b33-16-/t26-/m1/s1. The molecule has 7 heterocycles. The molecule has 1 amide bonds.